The Bertz CT molecular complexity index is 590. The summed E-state index contributed by atoms with van der Waals surface area (Å²) < 4.78 is 23.9. The highest BCUT2D eigenvalue weighted by atomic mass is 35.5. The molecule has 0 heterocycles. The highest BCUT2D eigenvalue weighted by Crippen LogP contribution is 2.24. The van der Waals surface area contributed by atoms with Crippen LogP contribution in [0, 0.1) is 0 Å². The van der Waals surface area contributed by atoms with Crippen molar-refractivity contribution < 1.29 is 8.42 Å². The maximum atomic E-state index is 12.0. The molecule has 0 spiro atoms. The van der Waals surface area contributed by atoms with Crippen LogP contribution < -0.4 is 15.6 Å². The Morgan fingerprint density at radius 2 is 2.11 bits per heavy atom. The second-order valence-corrected chi connectivity index (χ2v) is 6.21. The van der Waals surface area contributed by atoms with Gasteiger partial charge in [0.2, 0.25) is 0 Å². The molecule has 1 aromatic rings. The van der Waals surface area contributed by atoms with Gasteiger partial charge in [0, 0.05) is 11.6 Å². The smallest absolute Gasteiger partial charge is 0.258 e. The summed E-state index contributed by atoms with van der Waals surface area (Å²) in [6, 6.07) is 4.13. The quantitative estimate of drug-likeness (QED) is 0.433. The SMILES string of the molecule is C=CCNC(=S)NNS(=O)(=O)c1cc(Cl)ccc1Cl. The largest absolute Gasteiger partial charge is 0.358 e. The van der Waals surface area contributed by atoms with Crippen LogP contribution in [0.4, 0.5) is 0 Å². The summed E-state index contributed by atoms with van der Waals surface area (Å²) in [6.07, 6.45) is 1.58. The summed E-state index contributed by atoms with van der Waals surface area (Å²) in [6.45, 7) is 3.90. The lowest BCUT2D eigenvalue weighted by atomic mass is 10.4. The fraction of sp³-hybridized carbons (Fsp3) is 0.100. The summed E-state index contributed by atoms with van der Waals surface area (Å²) in [5.41, 5.74) is 2.34. The zero-order chi connectivity index (χ0) is 14.5. The second-order valence-electron chi connectivity index (χ2n) is 3.30. The van der Waals surface area contributed by atoms with Gasteiger partial charge in [-0.05, 0) is 30.4 Å². The van der Waals surface area contributed by atoms with Gasteiger partial charge in [-0.2, -0.15) is 0 Å². The molecule has 0 aliphatic heterocycles. The molecular formula is C10H11Cl2N3O2S2. The van der Waals surface area contributed by atoms with E-state index in [1.54, 1.807) is 6.08 Å². The molecule has 0 radical (unpaired) electrons. The third-order valence-electron chi connectivity index (χ3n) is 1.89. The Morgan fingerprint density at radius 3 is 2.74 bits per heavy atom. The minimum Gasteiger partial charge on any atom is -0.358 e. The first-order valence-corrected chi connectivity index (χ1v) is 7.63. The maximum Gasteiger partial charge on any atom is 0.258 e. The lowest BCUT2D eigenvalue weighted by Crippen LogP contribution is -2.46. The van der Waals surface area contributed by atoms with Crippen LogP contribution in [0.1, 0.15) is 0 Å². The molecule has 5 nitrogen and oxygen atoms in total. The topological polar surface area (TPSA) is 70.2 Å². The zero-order valence-corrected chi connectivity index (χ0v) is 12.8. The van der Waals surface area contributed by atoms with Gasteiger partial charge in [-0.3, -0.25) is 5.43 Å². The molecule has 0 bridgehead atoms. The molecular weight excluding hydrogens is 329 g/mol. The number of thiocarbonyl (C=S) groups is 1. The Labute approximate surface area is 127 Å². The van der Waals surface area contributed by atoms with Crippen LogP contribution in [0.3, 0.4) is 0 Å². The van der Waals surface area contributed by atoms with Crippen molar-refractivity contribution in [2.45, 2.75) is 4.90 Å². The first-order valence-electron chi connectivity index (χ1n) is 4.98. The van der Waals surface area contributed by atoms with Crippen molar-refractivity contribution in [3.63, 3.8) is 0 Å². The minimum absolute atomic E-state index is 0.0590. The van der Waals surface area contributed by atoms with Crippen molar-refractivity contribution in [2.24, 2.45) is 0 Å². The molecule has 0 aromatic heterocycles. The average molecular weight is 340 g/mol. The predicted octanol–water partition coefficient (Wildman–Crippen LogP) is 1.84. The van der Waals surface area contributed by atoms with E-state index >= 15 is 0 Å². The number of benzene rings is 1. The predicted molar refractivity (Wildman–Crippen MR) is 80.7 cm³/mol. The Hall–Kier alpha value is -0.860. The molecule has 3 N–H and O–H groups in total. The number of hydrogen-bond acceptors (Lipinski definition) is 3. The highest BCUT2D eigenvalue weighted by molar-refractivity contribution is 7.89. The molecule has 1 rings (SSSR count). The second kappa shape index (κ2) is 7.06. The van der Waals surface area contributed by atoms with E-state index in [1.165, 1.54) is 18.2 Å². The van der Waals surface area contributed by atoms with E-state index < -0.39 is 10.0 Å². The van der Waals surface area contributed by atoms with Gasteiger partial charge in [0.1, 0.15) is 4.90 Å². The van der Waals surface area contributed by atoms with Crippen LogP contribution >= 0.6 is 35.4 Å². The van der Waals surface area contributed by atoms with Crippen molar-refractivity contribution in [1.29, 1.82) is 0 Å². The third kappa shape index (κ3) is 4.96. The van der Waals surface area contributed by atoms with Crippen LogP contribution in [-0.4, -0.2) is 20.1 Å². The minimum atomic E-state index is -3.86. The van der Waals surface area contributed by atoms with Gasteiger partial charge in [-0.15, -0.1) is 11.4 Å². The van der Waals surface area contributed by atoms with E-state index in [0.717, 1.165) is 0 Å². The molecule has 1 aromatic carbocycles. The molecule has 9 heteroatoms. The Kier molecular flexibility index (Phi) is 6.02. The first kappa shape index (κ1) is 16.2. The van der Waals surface area contributed by atoms with Gasteiger partial charge < -0.3 is 5.32 Å². The monoisotopic (exact) mass is 339 g/mol. The lowest BCUT2D eigenvalue weighted by Gasteiger charge is -2.12. The normalized spacial score (nSPS) is 10.8. The number of hydrogen-bond donors (Lipinski definition) is 3. The molecule has 0 fully saturated rings. The third-order valence-corrected chi connectivity index (χ3v) is 4.10. The summed E-state index contributed by atoms with van der Waals surface area (Å²) in [7, 11) is -3.86. The molecule has 104 valence electrons. The van der Waals surface area contributed by atoms with Crippen LogP contribution in [0.15, 0.2) is 35.7 Å². The van der Waals surface area contributed by atoms with Crippen molar-refractivity contribution in [2.75, 3.05) is 6.54 Å². The number of sulfonamides is 1. The van der Waals surface area contributed by atoms with Crippen molar-refractivity contribution in [1.82, 2.24) is 15.6 Å². The van der Waals surface area contributed by atoms with Crippen molar-refractivity contribution >= 4 is 50.6 Å². The maximum absolute atomic E-state index is 12.0. The van der Waals surface area contributed by atoms with Gasteiger partial charge in [-0.1, -0.05) is 29.3 Å². The zero-order valence-electron chi connectivity index (χ0n) is 9.61. The number of halogens is 2. The molecule has 0 aliphatic carbocycles. The summed E-state index contributed by atoms with van der Waals surface area (Å²) >= 11 is 16.4. The van der Waals surface area contributed by atoms with Gasteiger partial charge in [0.25, 0.3) is 10.0 Å². The standard InChI is InChI=1S/C10H11Cl2N3O2S2/c1-2-5-13-10(18)14-15-19(16,17)9-6-7(11)3-4-8(9)12/h2-4,6,15H,1,5H2,(H2,13,14,18). The van der Waals surface area contributed by atoms with Crippen molar-refractivity contribution in [3.05, 3.63) is 40.9 Å². The van der Waals surface area contributed by atoms with Gasteiger partial charge >= 0.3 is 0 Å². The molecule has 0 aliphatic rings. The highest BCUT2D eigenvalue weighted by Gasteiger charge is 2.18. The molecule has 19 heavy (non-hydrogen) atoms. The lowest BCUT2D eigenvalue weighted by molar-refractivity contribution is 0.577. The Balaban J connectivity index is 2.79. The number of rotatable bonds is 5. The Morgan fingerprint density at radius 1 is 1.42 bits per heavy atom. The fourth-order valence-corrected chi connectivity index (χ4v) is 2.87. The van der Waals surface area contributed by atoms with E-state index in [4.69, 9.17) is 35.4 Å². The summed E-state index contributed by atoms with van der Waals surface area (Å²) in [4.78, 5) is 1.95. The number of nitrogens with one attached hydrogen (secondary N) is 3. The van der Waals surface area contributed by atoms with Gasteiger partial charge in [0.05, 0.1) is 5.02 Å². The van der Waals surface area contributed by atoms with Crippen LogP contribution in [0.5, 0.6) is 0 Å². The average Bonchev–Trinajstić information content (AvgIpc) is 2.36. The van der Waals surface area contributed by atoms with Crippen molar-refractivity contribution in [3.8, 4) is 0 Å². The van der Waals surface area contributed by atoms with Crippen LogP contribution in [-0.2, 0) is 10.0 Å². The van der Waals surface area contributed by atoms with Gasteiger partial charge in [-0.25, -0.2) is 8.42 Å². The molecule has 0 amide bonds. The van der Waals surface area contributed by atoms with Gasteiger partial charge in [0.15, 0.2) is 5.11 Å². The van der Waals surface area contributed by atoms with E-state index in [0.29, 0.717) is 6.54 Å². The molecule has 0 saturated heterocycles. The molecule has 0 unspecified atom stereocenters. The van der Waals surface area contributed by atoms with E-state index in [9.17, 15) is 8.42 Å². The van der Waals surface area contributed by atoms with E-state index in [1.807, 2.05) is 0 Å². The number of hydrazine groups is 1. The first-order chi connectivity index (χ1) is 8.86. The van der Waals surface area contributed by atoms with Crippen LogP contribution in [0.25, 0.3) is 0 Å². The molecule has 0 atom stereocenters. The van der Waals surface area contributed by atoms with E-state index in [-0.39, 0.29) is 20.1 Å². The fourth-order valence-electron chi connectivity index (χ4n) is 1.06. The summed E-state index contributed by atoms with van der Waals surface area (Å²) in [5, 5.41) is 3.13. The van der Waals surface area contributed by atoms with Crippen LogP contribution in [0.2, 0.25) is 10.0 Å². The summed E-state index contributed by atoms with van der Waals surface area (Å²) in [5.74, 6) is 0. The molecule has 0 saturated carbocycles. The van der Waals surface area contributed by atoms with E-state index in [2.05, 4.69) is 22.2 Å².